The number of hydrogen-bond acceptors (Lipinski definition) is 4. The average molecular weight is 705 g/mol. The Morgan fingerprint density at radius 2 is 1.00 bits per heavy atom. The summed E-state index contributed by atoms with van der Waals surface area (Å²) in [5, 5.41) is 7.02. The Labute approximate surface area is 317 Å². The first-order chi connectivity index (χ1) is 27.2. The third-order valence-electron chi connectivity index (χ3n) is 10.7. The molecule has 55 heavy (non-hydrogen) atoms. The minimum Gasteiger partial charge on any atom is -0.456 e. The number of benzene rings is 9. The third-order valence-corrected chi connectivity index (χ3v) is 10.7. The Morgan fingerprint density at radius 3 is 1.82 bits per heavy atom. The molecule has 11 rings (SSSR count). The van der Waals surface area contributed by atoms with E-state index >= 15 is 0 Å². The van der Waals surface area contributed by atoms with Crippen LogP contribution in [0.5, 0.6) is 0 Å². The largest absolute Gasteiger partial charge is 0.456 e. The molecule has 0 amide bonds. The van der Waals surface area contributed by atoms with Crippen molar-refractivity contribution in [1.82, 2.24) is 4.98 Å². The molecular weight excluding hydrogens is 673 g/mol. The molecule has 0 spiro atoms. The van der Waals surface area contributed by atoms with Crippen LogP contribution < -0.4 is 4.90 Å². The number of hydrogen-bond donors (Lipinski definition) is 0. The number of aromatic nitrogens is 1. The van der Waals surface area contributed by atoms with E-state index in [0.717, 1.165) is 55.6 Å². The minimum absolute atomic E-state index is 0.595. The van der Waals surface area contributed by atoms with Crippen LogP contribution in [0, 0.1) is 0 Å². The van der Waals surface area contributed by atoms with Gasteiger partial charge in [-0.15, -0.1) is 0 Å². The molecule has 0 radical (unpaired) electrons. The van der Waals surface area contributed by atoms with Gasteiger partial charge in [0.25, 0.3) is 0 Å². The lowest BCUT2D eigenvalue weighted by Crippen LogP contribution is -2.10. The summed E-state index contributed by atoms with van der Waals surface area (Å²) >= 11 is 0. The molecule has 0 aliphatic rings. The second kappa shape index (κ2) is 12.6. The van der Waals surface area contributed by atoms with Gasteiger partial charge < -0.3 is 13.7 Å². The van der Waals surface area contributed by atoms with Crippen molar-refractivity contribution in [3.8, 4) is 33.7 Å². The first-order valence-corrected chi connectivity index (χ1v) is 18.5. The molecule has 0 saturated carbocycles. The average Bonchev–Trinajstić information content (AvgIpc) is 3.84. The Balaban J connectivity index is 1.06. The lowest BCUT2D eigenvalue weighted by Gasteiger charge is -2.26. The smallest absolute Gasteiger partial charge is 0.227 e. The number of fused-ring (bicyclic) bond motifs is 7. The SMILES string of the molecule is c1ccc(-c2cccc(N(c3ccc(-c4cc5ccccc5c5ccccc45)cc3)c3ccc4oc5cc6oc(-c7ccccc7)nc6cc5c4c3)c2)cc1. The fourth-order valence-electron chi connectivity index (χ4n) is 8.01. The number of rotatable bonds is 6. The predicted molar refractivity (Wildman–Crippen MR) is 227 cm³/mol. The van der Waals surface area contributed by atoms with Crippen LogP contribution >= 0.6 is 0 Å². The standard InChI is InChI=1S/C51H32N2O2/c1-3-12-33(13-4-1)36-17-11-18-39(28-36)53(38-24-22-34(23-25-38)44-29-37-16-7-8-19-41(37)42-20-9-10-21-43(42)44)40-26-27-48-45(30-40)46-31-47-50(32-49(46)54-48)55-51(52-47)35-14-5-2-6-15-35/h1-32H. The van der Waals surface area contributed by atoms with E-state index in [0.29, 0.717) is 11.5 Å². The molecule has 0 aliphatic heterocycles. The van der Waals surface area contributed by atoms with Gasteiger partial charge in [0.2, 0.25) is 5.89 Å². The van der Waals surface area contributed by atoms with Crippen LogP contribution in [0.15, 0.2) is 203 Å². The molecule has 0 unspecified atom stereocenters. The molecule has 4 nitrogen and oxygen atoms in total. The quantitative estimate of drug-likeness (QED) is 0.162. The molecule has 258 valence electrons. The van der Waals surface area contributed by atoms with Crippen LogP contribution in [0.3, 0.4) is 0 Å². The van der Waals surface area contributed by atoms with Gasteiger partial charge in [-0.2, -0.15) is 0 Å². The Hall–Kier alpha value is -7.43. The molecule has 2 heterocycles. The maximum absolute atomic E-state index is 6.42. The van der Waals surface area contributed by atoms with E-state index < -0.39 is 0 Å². The Bertz CT molecular complexity index is 3200. The second-order valence-electron chi connectivity index (χ2n) is 14.0. The molecule has 4 heteroatoms. The molecule has 0 aliphatic carbocycles. The zero-order valence-electron chi connectivity index (χ0n) is 29.7. The lowest BCUT2D eigenvalue weighted by molar-refractivity contribution is 0.617. The Morgan fingerprint density at radius 1 is 0.345 bits per heavy atom. The zero-order chi connectivity index (χ0) is 36.3. The highest BCUT2D eigenvalue weighted by atomic mass is 16.4. The van der Waals surface area contributed by atoms with Crippen molar-refractivity contribution in [2.75, 3.05) is 4.90 Å². The van der Waals surface area contributed by atoms with Crippen molar-refractivity contribution in [3.63, 3.8) is 0 Å². The van der Waals surface area contributed by atoms with Gasteiger partial charge in [-0.25, -0.2) is 4.98 Å². The highest BCUT2D eigenvalue weighted by Crippen LogP contribution is 2.42. The third kappa shape index (κ3) is 5.34. The second-order valence-corrected chi connectivity index (χ2v) is 14.0. The normalized spacial score (nSPS) is 11.6. The summed E-state index contributed by atoms with van der Waals surface area (Å²) in [6, 6.07) is 68.4. The van der Waals surface area contributed by atoms with Gasteiger partial charge in [-0.1, -0.05) is 121 Å². The highest BCUT2D eigenvalue weighted by molar-refractivity contribution is 6.14. The van der Waals surface area contributed by atoms with E-state index in [9.17, 15) is 0 Å². The maximum Gasteiger partial charge on any atom is 0.227 e. The minimum atomic E-state index is 0.595. The van der Waals surface area contributed by atoms with Crippen molar-refractivity contribution in [2.24, 2.45) is 0 Å². The summed E-state index contributed by atoms with van der Waals surface area (Å²) in [5.74, 6) is 0.595. The topological polar surface area (TPSA) is 42.4 Å². The van der Waals surface area contributed by atoms with Gasteiger partial charge in [0, 0.05) is 39.5 Å². The van der Waals surface area contributed by atoms with Gasteiger partial charge in [-0.05, 0) is 111 Å². The number of nitrogens with zero attached hydrogens (tertiary/aromatic N) is 2. The van der Waals surface area contributed by atoms with E-state index in [2.05, 4.69) is 163 Å². The van der Waals surface area contributed by atoms with Crippen molar-refractivity contribution in [2.45, 2.75) is 0 Å². The lowest BCUT2D eigenvalue weighted by atomic mass is 9.93. The fourth-order valence-corrected chi connectivity index (χ4v) is 8.01. The summed E-state index contributed by atoms with van der Waals surface area (Å²) in [5.41, 5.74) is 11.9. The van der Waals surface area contributed by atoms with Gasteiger partial charge in [0.1, 0.15) is 16.7 Å². The molecule has 0 atom stereocenters. The summed E-state index contributed by atoms with van der Waals surface area (Å²) in [6.07, 6.45) is 0. The van der Waals surface area contributed by atoms with Crippen LogP contribution in [0.4, 0.5) is 17.1 Å². The van der Waals surface area contributed by atoms with Gasteiger partial charge in [0.05, 0.1) is 0 Å². The summed E-state index contributed by atoms with van der Waals surface area (Å²) in [4.78, 5) is 7.19. The molecule has 0 bridgehead atoms. The van der Waals surface area contributed by atoms with E-state index in [1.165, 1.54) is 38.2 Å². The maximum atomic E-state index is 6.42. The van der Waals surface area contributed by atoms with Gasteiger partial charge in [0.15, 0.2) is 5.58 Å². The summed E-state index contributed by atoms with van der Waals surface area (Å²) in [6.45, 7) is 0. The highest BCUT2D eigenvalue weighted by Gasteiger charge is 2.19. The van der Waals surface area contributed by atoms with Gasteiger partial charge >= 0.3 is 0 Å². The number of furan rings is 1. The Kier molecular flexibility index (Phi) is 7.14. The fraction of sp³-hybridized carbons (Fsp3) is 0. The molecule has 0 fully saturated rings. The molecule has 9 aromatic carbocycles. The van der Waals surface area contributed by atoms with Crippen molar-refractivity contribution in [1.29, 1.82) is 0 Å². The van der Waals surface area contributed by atoms with Crippen molar-refractivity contribution >= 4 is 71.6 Å². The van der Waals surface area contributed by atoms with Gasteiger partial charge in [-0.3, -0.25) is 0 Å². The zero-order valence-corrected chi connectivity index (χ0v) is 29.7. The van der Waals surface area contributed by atoms with E-state index in [-0.39, 0.29) is 0 Å². The van der Waals surface area contributed by atoms with Crippen molar-refractivity contribution < 1.29 is 8.83 Å². The molecule has 0 N–H and O–H groups in total. The van der Waals surface area contributed by atoms with E-state index in [1.54, 1.807) is 0 Å². The summed E-state index contributed by atoms with van der Waals surface area (Å²) < 4.78 is 12.6. The predicted octanol–water partition coefficient (Wildman–Crippen LogP) is 14.5. The van der Waals surface area contributed by atoms with Crippen LogP contribution in [-0.2, 0) is 0 Å². The molecule has 2 aromatic heterocycles. The molecular formula is C51H32N2O2. The number of anilines is 3. The van der Waals surface area contributed by atoms with E-state index in [4.69, 9.17) is 13.8 Å². The van der Waals surface area contributed by atoms with E-state index in [1.807, 2.05) is 36.4 Å². The van der Waals surface area contributed by atoms with Crippen LogP contribution in [0.1, 0.15) is 0 Å². The van der Waals surface area contributed by atoms with Crippen molar-refractivity contribution in [3.05, 3.63) is 194 Å². The molecule has 11 aromatic rings. The molecule has 0 saturated heterocycles. The monoisotopic (exact) mass is 704 g/mol. The first kappa shape index (κ1) is 31.1. The van der Waals surface area contributed by atoms with Crippen LogP contribution in [0.2, 0.25) is 0 Å². The first-order valence-electron chi connectivity index (χ1n) is 18.5. The summed E-state index contributed by atoms with van der Waals surface area (Å²) in [7, 11) is 0. The number of oxazole rings is 1. The van der Waals surface area contributed by atoms with Crippen LogP contribution in [-0.4, -0.2) is 4.98 Å². The van der Waals surface area contributed by atoms with Crippen LogP contribution in [0.25, 0.3) is 88.3 Å².